The first kappa shape index (κ1) is 13.1. The van der Waals surface area contributed by atoms with Gasteiger partial charge in [-0.2, -0.15) is 0 Å². The molecule has 1 N–H and O–H groups in total. The van der Waals surface area contributed by atoms with Crippen LogP contribution in [0.25, 0.3) is 0 Å². The molecular formula is C16H16N2OS. The average molecular weight is 284 g/mol. The van der Waals surface area contributed by atoms with E-state index in [0.29, 0.717) is 0 Å². The number of hydrogen-bond donors (Lipinski definition) is 1. The van der Waals surface area contributed by atoms with Crippen LogP contribution in [0.3, 0.4) is 0 Å². The summed E-state index contributed by atoms with van der Waals surface area (Å²) in [7, 11) is 1.68. The van der Waals surface area contributed by atoms with Gasteiger partial charge in [-0.3, -0.25) is 4.99 Å². The lowest BCUT2D eigenvalue weighted by Crippen LogP contribution is -2.19. The van der Waals surface area contributed by atoms with Crippen LogP contribution in [-0.4, -0.2) is 26.0 Å². The van der Waals surface area contributed by atoms with Gasteiger partial charge in [-0.05, 0) is 36.4 Å². The van der Waals surface area contributed by atoms with Crippen molar-refractivity contribution in [3.63, 3.8) is 0 Å². The highest BCUT2D eigenvalue weighted by Gasteiger charge is 2.07. The van der Waals surface area contributed by atoms with Gasteiger partial charge in [-0.1, -0.05) is 23.9 Å². The van der Waals surface area contributed by atoms with Crippen LogP contribution in [0, 0.1) is 0 Å². The van der Waals surface area contributed by atoms with Crippen LogP contribution in [-0.2, 0) is 0 Å². The molecule has 0 radical (unpaired) electrons. The van der Waals surface area contributed by atoms with Crippen molar-refractivity contribution in [1.82, 2.24) is 5.32 Å². The van der Waals surface area contributed by atoms with Crippen molar-refractivity contribution >= 4 is 17.6 Å². The second-order valence-electron chi connectivity index (χ2n) is 4.46. The van der Waals surface area contributed by atoms with E-state index in [0.717, 1.165) is 30.2 Å². The molecule has 0 saturated carbocycles. The molecular weight excluding hydrogens is 268 g/mol. The first-order valence-electron chi connectivity index (χ1n) is 6.56. The van der Waals surface area contributed by atoms with Crippen molar-refractivity contribution in [1.29, 1.82) is 0 Å². The topological polar surface area (TPSA) is 33.6 Å². The van der Waals surface area contributed by atoms with Gasteiger partial charge < -0.3 is 10.1 Å². The van der Waals surface area contributed by atoms with Gasteiger partial charge in [0.05, 0.1) is 13.7 Å². The van der Waals surface area contributed by atoms with E-state index in [2.05, 4.69) is 46.7 Å². The third kappa shape index (κ3) is 2.96. The lowest BCUT2D eigenvalue weighted by atomic mass is 10.2. The highest BCUT2D eigenvalue weighted by Crippen LogP contribution is 2.29. The maximum Gasteiger partial charge on any atom is 0.128 e. The van der Waals surface area contributed by atoms with Gasteiger partial charge in [0, 0.05) is 21.9 Å². The molecule has 0 aliphatic carbocycles. The van der Waals surface area contributed by atoms with Crippen molar-refractivity contribution in [2.45, 2.75) is 9.79 Å². The second-order valence-corrected chi connectivity index (χ2v) is 5.61. The number of rotatable bonds is 4. The molecule has 20 heavy (non-hydrogen) atoms. The summed E-state index contributed by atoms with van der Waals surface area (Å²) < 4.78 is 5.16. The van der Waals surface area contributed by atoms with Crippen LogP contribution in [0.2, 0.25) is 0 Å². The Balaban J connectivity index is 1.70. The van der Waals surface area contributed by atoms with Crippen LogP contribution in [0.1, 0.15) is 5.56 Å². The Kier molecular flexibility index (Phi) is 3.92. The molecule has 1 aliphatic heterocycles. The van der Waals surface area contributed by atoms with Crippen molar-refractivity contribution < 1.29 is 4.74 Å². The number of aliphatic imine (C=N–C) groups is 1. The van der Waals surface area contributed by atoms with E-state index < -0.39 is 0 Å². The molecule has 0 amide bonds. The fourth-order valence-corrected chi connectivity index (χ4v) is 2.87. The summed E-state index contributed by atoms with van der Waals surface area (Å²) in [6, 6.07) is 16.6. The molecule has 0 spiro atoms. The standard InChI is InChI=1S/C16H16N2OS/c1-19-13-4-8-15(9-5-13)20-14-6-2-12(3-7-14)16-17-10-11-18-16/h2-9H,10-11H2,1H3,(H,17,18). The predicted molar refractivity (Wildman–Crippen MR) is 83.0 cm³/mol. The molecule has 0 fully saturated rings. The third-order valence-electron chi connectivity index (χ3n) is 3.10. The number of nitrogens with one attached hydrogen (secondary N) is 1. The molecule has 0 unspecified atom stereocenters. The summed E-state index contributed by atoms with van der Waals surface area (Å²) in [6.45, 7) is 1.81. The minimum atomic E-state index is 0.873. The second kappa shape index (κ2) is 6.01. The number of amidine groups is 1. The zero-order valence-electron chi connectivity index (χ0n) is 11.3. The minimum Gasteiger partial charge on any atom is -0.497 e. The Hall–Kier alpha value is -1.94. The summed E-state index contributed by atoms with van der Waals surface area (Å²) in [5.41, 5.74) is 1.15. The summed E-state index contributed by atoms with van der Waals surface area (Å²) >= 11 is 1.74. The first-order valence-corrected chi connectivity index (χ1v) is 7.37. The van der Waals surface area contributed by atoms with E-state index in [9.17, 15) is 0 Å². The van der Waals surface area contributed by atoms with Crippen LogP contribution in [0.5, 0.6) is 5.75 Å². The summed E-state index contributed by atoms with van der Waals surface area (Å²) in [5.74, 6) is 1.89. The van der Waals surface area contributed by atoms with Crippen LogP contribution < -0.4 is 10.1 Å². The molecule has 0 bridgehead atoms. The molecule has 1 aliphatic rings. The van der Waals surface area contributed by atoms with Crippen molar-refractivity contribution in [3.05, 3.63) is 54.1 Å². The zero-order chi connectivity index (χ0) is 13.8. The Labute approximate surface area is 123 Å². The van der Waals surface area contributed by atoms with E-state index in [4.69, 9.17) is 4.74 Å². The van der Waals surface area contributed by atoms with Gasteiger partial charge in [0.1, 0.15) is 11.6 Å². The van der Waals surface area contributed by atoms with Gasteiger partial charge in [0.2, 0.25) is 0 Å². The summed E-state index contributed by atoms with van der Waals surface area (Å²) in [5, 5.41) is 3.28. The molecule has 0 atom stereocenters. The Morgan fingerprint density at radius 3 is 2.20 bits per heavy atom. The zero-order valence-corrected chi connectivity index (χ0v) is 12.1. The molecule has 3 nitrogen and oxygen atoms in total. The number of hydrogen-bond acceptors (Lipinski definition) is 4. The SMILES string of the molecule is COc1ccc(Sc2ccc(C3=NCCN3)cc2)cc1. The van der Waals surface area contributed by atoms with E-state index in [1.807, 2.05) is 12.1 Å². The molecule has 0 saturated heterocycles. The molecule has 3 rings (SSSR count). The first-order chi connectivity index (χ1) is 9.85. The number of nitrogens with zero attached hydrogens (tertiary/aromatic N) is 1. The van der Waals surface area contributed by atoms with Crippen LogP contribution in [0.4, 0.5) is 0 Å². The maximum atomic E-state index is 5.16. The Bertz CT molecular complexity index is 605. The highest BCUT2D eigenvalue weighted by molar-refractivity contribution is 7.99. The predicted octanol–water partition coefficient (Wildman–Crippen LogP) is 3.20. The summed E-state index contributed by atoms with van der Waals surface area (Å²) in [4.78, 5) is 6.85. The average Bonchev–Trinajstić information content (AvgIpc) is 3.03. The van der Waals surface area contributed by atoms with Gasteiger partial charge in [0.25, 0.3) is 0 Å². The normalized spacial score (nSPS) is 13.8. The van der Waals surface area contributed by atoms with Crippen molar-refractivity contribution in [2.75, 3.05) is 20.2 Å². The lowest BCUT2D eigenvalue weighted by molar-refractivity contribution is 0.414. The molecule has 102 valence electrons. The van der Waals surface area contributed by atoms with Gasteiger partial charge in [-0.15, -0.1) is 0 Å². The van der Waals surface area contributed by atoms with E-state index in [1.54, 1.807) is 18.9 Å². The number of methoxy groups -OCH3 is 1. The molecule has 1 heterocycles. The maximum absolute atomic E-state index is 5.16. The van der Waals surface area contributed by atoms with Gasteiger partial charge in [-0.25, -0.2) is 0 Å². The largest absolute Gasteiger partial charge is 0.497 e. The molecule has 0 aromatic heterocycles. The van der Waals surface area contributed by atoms with E-state index in [1.165, 1.54) is 9.79 Å². The third-order valence-corrected chi connectivity index (χ3v) is 4.11. The number of benzene rings is 2. The fraction of sp³-hybridized carbons (Fsp3) is 0.188. The smallest absolute Gasteiger partial charge is 0.128 e. The fourth-order valence-electron chi connectivity index (χ4n) is 2.05. The monoisotopic (exact) mass is 284 g/mol. The van der Waals surface area contributed by atoms with Gasteiger partial charge >= 0.3 is 0 Å². The molecule has 2 aromatic rings. The Morgan fingerprint density at radius 1 is 1.00 bits per heavy atom. The lowest BCUT2D eigenvalue weighted by Gasteiger charge is -2.05. The van der Waals surface area contributed by atoms with Gasteiger partial charge in [0.15, 0.2) is 0 Å². The molecule has 4 heteroatoms. The molecule has 2 aromatic carbocycles. The van der Waals surface area contributed by atoms with E-state index in [-0.39, 0.29) is 0 Å². The Morgan fingerprint density at radius 2 is 1.65 bits per heavy atom. The summed E-state index contributed by atoms with van der Waals surface area (Å²) in [6.07, 6.45) is 0. The minimum absolute atomic E-state index is 0.873. The van der Waals surface area contributed by atoms with E-state index >= 15 is 0 Å². The van der Waals surface area contributed by atoms with Crippen molar-refractivity contribution in [3.8, 4) is 5.75 Å². The van der Waals surface area contributed by atoms with Crippen LogP contribution >= 0.6 is 11.8 Å². The number of ether oxygens (including phenoxy) is 1. The van der Waals surface area contributed by atoms with Crippen LogP contribution in [0.15, 0.2) is 63.3 Å². The van der Waals surface area contributed by atoms with Crippen molar-refractivity contribution in [2.24, 2.45) is 4.99 Å². The quantitative estimate of drug-likeness (QED) is 0.936. The highest BCUT2D eigenvalue weighted by atomic mass is 32.2.